The summed E-state index contributed by atoms with van der Waals surface area (Å²) >= 11 is 1.51. The molecule has 174 valence electrons. The molecular formula is C23H30ClN3O3S2. The number of benzene rings is 2. The molecule has 0 unspecified atom stereocenters. The molecular weight excluding hydrogens is 466 g/mol. The van der Waals surface area contributed by atoms with E-state index in [0.29, 0.717) is 17.2 Å². The van der Waals surface area contributed by atoms with Gasteiger partial charge in [0.15, 0.2) is 15.0 Å². The van der Waals surface area contributed by atoms with E-state index in [0.717, 1.165) is 36.1 Å². The summed E-state index contributed by atoms with van der Waals surface area (Å²) in [7, 11) is -3.31. The Labute approximate surface area is 200 Å². The Morgan fingerprint density at radius 2 is 1.59 bits per heavy atom. The average molecular weight is 496 g/mol. The number of anilines is 1. The lowest BCUT2D eigenvalue weighted by Gasteiger charge is -2.24. The molecule has 0 atom stereocenters. The number of carbonyl (C=O) groups is 1. The van der Waals surface area contributed by atoms with Crippen molar-refractivity contribution in [2.75, 3.05) is 37.3 Å². The van der Waals surface area contributed by atoms with Gasteiger partial charge in [0.1, 0.15) is 0 Å². The Morgan fingerprint density at radius 1 is 1.00 bits per heavy atom. The topological polar surface area (TPSA) is 70.6 Å². The van der Waals surface area contributed by atoms with E-state index in [1.54, 1.807) is 17.0 Å². The van der Waals surface area contributed by atoms with Gasteiger partial charge in [0.05, 0.1) is 15.1 Å². The van der Waals surface area contributed by atoms with Crippen LogP contribution in [0.2, 0.25) is 0 Å². The number of nitrogens with zero attached hydrogens (tertiary/aromatic N) is 3. The fourth-order valence-electron chi connectivity index (χ4n) is 3.35. The Balaban J connectivity index is 0.00000363. The number of likely N-dealkylation sites (N-methyl/N-ethyl adjacent to an activating group) is 1. The number of rotatable bonds is 8. The van der Waals surface area contributed by atoms with Crippen LogP contribution in [0.5, 0.6) is 0 Å². The SMILES string of the molecule is CCN(CC)CCN(C(=O)c1ccc(S(C)(=O)=O)cc1)c1nc2cc(C)c(C)cc2s1.Cl. The van der Waals surface area contributed by atoms with Crippen LogP contribution >= 0.6 is 23.7 Å². The van der Waals surface area contributed by atoms with Crippen molar-refractivity contribution in [1.82, 2.24) is 9.88 Å². The van der Waals surface area contributed by atoms with Crippen LogP contribution < -0.4 is 4.90 Å². The number of fused-ring (bicyclic) bond motifs is 1. The number of hydrogen-bond donors (Lipinski definition) is 0. The van der Waals surface area contributed by atoms with Crippen LogP contribution in [0, 0.1) is 13.8 Å². The zero-order valence-corrected chi connectivity index (χ0v) is 21.5. The summed E-state index contributed by atoms with van der Waals surface area (Å²) < 4.78 is 24.6. The maximum atomic E-state index is 13.4. The number of sulfone groups is 1. The largest absolute Gasteiger partial charge is 0.302 e. The molecule has 1 amide bonds. The summed E-state index contributed by atoms with van der Waals surface area (Å²) in [6.45, 7) is 11.4. The third-order valence-corrected chi connectivity index (χ3v) is 7.70. The fourth-order valence-corrected chi connectivity index (χ4v) is 5.05. The number of thiazole rings is 1. The Hall–Kier alpha value is -2.00. The molecule has 0 aliphatic carbocycles. The van der Waals surface area contributed by atoms with Gasteiger partial charge in [-0.3, -0.25) is 9.69 Å². The van der Waals surface area contributed by atoms with Crippen molar-refractivity contribution in [3.8, 4) is 0 Å². The first kappa shape index (κ1) is 26.3. The number of aryl methyl sites for hydroxylation is 2. The monoisotopic (exact) mass is 495 g/mol. The number of carbonyl (C=O) groups excluding carboxylic acids is 1. The van der Waals surface area contributed by atoms with Crippen LogP contribution in [0.25, 0.3) is 10.2 Å². The second kappa shape index (κ2) is 10.7. The van der Waals surface area contributed by atoms with Crippen LogP contribution in [0.15, 0.2) is 41.3 Å². The lowest BCUT2D eigenvalue weighted by molar-refractivity contribution is 0.0983. The molecule has 0 fully saturated rings. The molecule has 9 heteroatoms. The van der Waals surface area contributed by atoms with Crippen molar-refractivity contribution in [1.29, 1.82) is 0 Å². The van der Waals surface area contributed by atoms with Crippen molar-refractivity contribution in [3.05, 3.63) is 53.1 Å². The highest BCUT2D eigenvalue weighted by molar-refractivity contribution is 7.90. The Morgan fingerprint density at radius 3 is 2.16 bits per heavy atom. The molecule has 6 nitrogen and oxygen atoms in total. The molecule has 3 rings (SSSR count). The molecule has 0 saturated heterocycles. The van der Waals surface area contributed by atoms with E-state index in [2.05, 4.69) is 44.7 Å². The molecule has 2 aromatic carbocycles. The highest BCUT2D eigenvalue weighted by Crippen LogP contribution is 2.31. The number of hydrogen-bond acceptors (Lipinski definition) is 6. The third kappa shape index (κ3) is 5.86. The lowest BCUT2D eigenvalue weighted by atomic mass is 10.1. The van der Waals surface area contributed by atoms with Crippen molar-refractivity contribution in [2.24, 2.45) is 0 Å². The quantitative estimate of drug-likeness (QED) is 0.452. The molecule has 0 radical (unpaired) electrons. The van der Waals surface area contributed by atoms with E-state index in [4.69, 9.17) is 4.98 Å². The van der Waals surface area contributed by atoms with E-state index in [-0.39, 0.29) is 23.2 Å². The zero-order valence-electron chi connectivity index (χ0n) is 19.1. The van der Waals surface area contributed by atoms with Gasteiger partial charge < -0.3 is 4.90 Å². The second-order valence-electron chi connectivity index (χ2n) is 7.68. The van der Waals surface area contributed by atoms with Crippen LogP contribution in [0.1, 0.15) is 35.3 Å². The fraction of sp³-hybridized carbons (Fsp3) is 0.391. The van der Waals surface area contributed by atoms with Gasteiger partial charge in [0.2, 0.25) is 0 Å². The van der Waals surface area contributed by atoms with E-state index in [1.165, 1.54) is 34.6 Å². The minimum atomic E-state index is -3.31. The van der Waals surface area contributed by atoms with Crippen molar-refractivity contribution >= 4 is 54.8 Å². The molecule has 1 aromatic heterocycles. The molecule has 0 aliphatic rings. The van der Waals surface area contributed by atoms with Crippen LogP contribution in [0.3, 0.4) is 0 Å². The van der Waals surface area contributed by atoms with Crippen LogP contribution in [0.4, 0.5) is 5.13 Å². The maximum Gasteiger partial charge on any atom is 0.260 e. The first-order valence-corrected chi connectivity index (χ1v) is 13.1. The molecule has 0 aliphatic heterocycles. The van der Waals surface area contributed by atoms with Crippen molar-refractivity contribution < 1.29 is 13.2 Å². The van der Waals surface area contributed by atoms with Crippen molar-refractivity contribution in [2.45, 2.75) is 32.6 Å². The molecule has 3 aromatic rings. The van der Waals surface area contributed by atoms with E-state index in [9.17, 15) is 13.2 Å². The van der Waals surface area contributed by atoms with Gasteiger partial charge in [-0.25, -0.2) is 13.4 Å². The molecule has 32 heavy (non-hydrogen) atoms. The minimum Gasteiger partial charge on any atom is -0.302 e. The Kier molecular flexibility index (Phi) is 8.82. The summed E-state index contributed by atoms with van der Waals surface area (Å²) in [5.41, 5.74) is 3.69. The highest BCUT2D eigenvalue weighted by atomic mass is 35.5. The van der Waals surface area contributed by atoms with Crippen molar-refractivity contribution in [3.63, 3.8) is 0 Å². The summed E-state index contributed by atoms with van der Waals surface area (Å²) in [6, 6.07) is 10.3. The highest BCUT2D eigenvalue weighted by Gasteiger charge is 2.22. The van der Waals surface area contributed by atoms with Gasteiger partial charge in [-0.15, -0.1) is 12.4 Å². The van der Waals surface area contributed by atoms with E-state index in [1.807, 2.05) is 0 Å². The summed E-state index contributed by atoms with van der Waals surface area (Å²) in [5, 5.41) is 0.657. The smallest absolute Gasteiger partial charge is 0.260 e. The van der Waals surface area contributed by atoms with Gasteiger partial charge in [0.25, 0.3) is 5.91 Å². The standard InChI is InChI=1S/C23H29N3O3S2.ClH/c1-6-25(7-2)12-13-26(22(27)18-8-10-19(11-9-18)31(5,28)29)23-24-20-14-16(3)17(4)15-21(20)30-23;/h8-11,14-15H,6-7,12-13H2,1-5H3;1H. The predicted molar refractivity (Wildman–Crippen MR) is 135 cm³/mol. The normalized spacial score (nSPS) is 11.6. The van der Waals surface area contributed by atoms with Crippen LogP contribution in [-0.4, -0.2) is 56.6 Å². The van der Waals surface area contributed by atoms with Gasteiger partial charge in [-0.1, -0.05) is 25.2 Å². The average Bonchev–Trinajstić information content (AvgIpc) is 3.13. The van der Waals surface area contributed by atoms with Gasteiger partial charge in [0, 0.05) is 24.9 Å². The van der Waals surface area contributed by atoms with Gasteiger partial charge >= 0.3 is 0 Å². The first-order valence-electron chi connectivity index (χ1n) is 10.4. The molecule has 0 saturated carbocycles. The third-order valence-electron chi connectivity index (χ3n) is 5.53. The number of halogens is 1. The van der Waals surface area contributed by atoms with Gasteiger partial charge in [-0.2, -0.15) is 0 Å². The first-order chi connectivity index (χ1) is 14.6. The zero-order chi connectivity index (χ0) is 22.8. The second-order valence-corrected chi connectivity index (χ2v) is 10.7. The van der Waals surface area contributed by atoms with E-state index < -0.39 is 9.84 Å². The van der Waals surface area contributed by atoms with E-state index >= 15 is 0 Å². The number of amides is 1. The van der Waals surface area contributed by atoms with Gasteiger partial charge in [-0.05, 0) is 74.5 Å². The Bertz CT molecular complexity index is 1150. The summed E-state index contributed by atoms with van der Waals surface area (Å²) in [4.78, 5) is 22.4. The number of aromatic nitrogens is 1. The predicted octanol–water partition coefficient (Wildman–Crippen LogP) is 4.73. The summed E-state index contributed by atoms with van der Waals surface area (Å²) in [6.07, 6.45) is 1.16. The molecule has 1 heterocycles. The molecule has 0 bridgehead atoms. The summed E-state index contributed by atoms with van der Waals surface area (Å²) in [5.74, 6) is -0.181. The maximum absolute atomic E-state index is 13.4. The molecule has 0 spiro atoms. The minimum absolute atomic E-state index is 0. The molecule has 0 N–H and O–H groups in total. The lowest BCUT2D eigenvalue weighted by Crippen LogP contribution is -2.38. The van der Waals surface area contributed by atoms with Crippen LogP contribution in [-0.2, 0) is 9.84 Å².